The van der Waals surface area contributed by atoms with Crippen LogP contribution in [0.3, 0.4) is 0 Å². The highest BCUT2D eigenvalue weighted by Gasteiger charge is 2.33. The van der Waals surface area contributed by atoms with Gasteiger partial charge in [0, 0.05) is 24.9 Å². The second-order valence-electron chi connectivity index (χ2n) is 6.76. The van der Waals surface area contributed by atoms with E-state index in [0.717, 1.165) is 20.6 Å². The first-order chi connectivity index (χ1) is 14.4. The maximum atomic E-state index is 12.4. The maximum Gasteiger partial charge on any atom is 0.673 e. The second kappa shape index (κ2) is 10.7. The van der Waals surface area contributed by atoms with Crippen LogP contribution in [0.2, 0.25) is 0 Å². The SMILES string of the molecule is CN(CC(F)(F)F)c1ccc(C=C2C=CC(=[N+](C)CC(F)(F)F)C=C2)cc1.F[B-](F)(F)F. The summed E-state index contributed by atoms with van der Waals surface area (Å²) in [7, 11) is -3.27. The lowest BCUT2D eigenvalue weighted by molar-refractivity contribution is -0.530. The van der Waals surface area contributed by atoms with E-state index in [1.807, 2.05) is 0 Å². The fraction of sp³-hybridized carbons (Fsp3) is 0.316. The molecule has 1 aromatic rings. The van der Waals surface area contributed by atoms with Crippen molar-refractivity contribution in [3.05, 3.63) is 59.7 Å². The molecule has 0 heterocycles. The molecule has 0 aliphatic heterocycles. The Labute approximate surface area is 177 Å². The van der Waals surface area contributed by atoms with E-state index in [2.05, 4.69) is 0 Å². The van der Waals surface area contributed by atoms with Crippen LogP contribution in [-0.4, -0.2) is 57.1 Å². The molecular weight excluding hydrogens is 457 g/mol. The number of hydrogen-bond acceptors (Lipinski definition) is 1. The lowest BCUT2D eigenvalue weighted by Crippen LogP contribution is -2.30. The number of benzene rings is 1. The number of allylic oxidation sites excluding steroid dienone is 5. The van der Waals surface area contributed by atoms with Gasteiger partial charge in [0.25, 0.3) is 0 Å². The highest BCUT2D eigenvalue weighted by molar-refractivity contribution is 6.50. The average Bonchev–Trinajstić information content (AvgIpc) is 2.58. The number of nitrogens with zero attached hydrogens (tertiary/aromatic N) is 2. The molecule has 0 saturated heterocycles. The lowest BCUT2D eigenvalue weighted by atomic mass is 10.0. The molecule has 2 nitrogen and oxygen atoms in total. The van der Waals surface area contributed by atoms with Crippen molar-refractivity contribution in [3.8, 4) is 0 Å². The topological polar surface area (TPSA) is 6.25 Å². The minimum absolute atomic E-state index is 0.439. The van der Waals surface area contributed by atoms with E-state index < -0.39 is 32.7 Å². The summed E-state index contributed by atoms with van der Waals surface area (Å²) in [6.07, 6.45) is -0.216. The van der Waals surface area contributed by atoms with Crippen molar-refractivity contribution in [1.29, 1.82) is 0 Å². The molecule has 2 rings (SSSR count). The summed E-state index contributed by atoms with van der Waals surface area (Å²) in [5.41, 5.74) is 2.42. The first kappa shape index (κ1) is 27.3. The van der Waals surface area contributed by atoms with Gasteiger partial charge < -0.3 is 22.2 Å². The van der Waals surface area contributed by atoms with Crippen LogP contribution in [0, 0.1) is 0 Å². The molecule has 0 aromatic heterocycles. The third-order valence-corrected chi connectivity index (χ3v) is 3.83. The summed E-state index contributed by atoms with van der Waals surface area (Å²) < 4.78 is 115. The Morgan fingerprint density at radius 1 is 0.844 bits per heavy atom. The summed E-state index contributed by atoms with van der Waals surface area (Å²) in [5.74, 6) is 0. The van der Waals surface area contributed by atoms with Crippen molar-refractivity contribution in [2.75, 3.05) is 32.1 Å². The predicted octanol–water partition coefficient (Wildman–Crippen LogP) is 6.14. The third-order valence-electron chi connectivity index (χ3n) is 3.83. The van der Waals surface area contributed by atoms with E-state index in [4.69, 9.17) is 0 Å². The number of rotatable bonds is 4. The van der Waals surface area contributed by atoms with E-state index in [1.165, 1.54) is 14.1 Å². The molecule has 0 bridgehead atoms. The zero-order valence-corrected chi connectivity index (χ0v) is 16.9. The normalized spacial score (nSPS) is 14.1. The van der Waals surface area contributed by atoms with E-state index in [-0.39, 0.29) is 0 Å². The fourth-order valence-corrected chi connectivity index (χ4v) is 2.56. The summed E-state index contributed by atoms with van der Waals surface area (Å²) in [5, 5.41) is 0. The molecule has 1 aliphatic rings. The predicted molar refractivity (Wildman–Crippen MR) is 104 cm³/mol. The summed E-state index contributed by atoms with van der Waals surface area (Å²) in [6.45, 7) is -2.08. The Kier molecular flexibility index (Phi) is 9.16. The summed E-state index contributed by atoms with van der Waals surface area (Å²) in [4.78, 5) is 1.11. The smallest absolute Gasteiger partial charge is 0.418 e. The molecule has 32 heavy (non-hydrogen) atoms. The Morgan fingerprint density at radius 3 is 1.72 bits per heavy atom. The van der Waals surface area contributed by atoms with Gasteiger partial charge in [0.15, 0.2) is 5.71 Å². The van der Waals surface area contributed by atoms with Crippen molar-refractivity contribution < 1.29 is 48.2 Å². The molecular formula is C19H19BF10N2. The zero-order chi connectivity index (χ0) is 24.7. The van der Waals surface area contributed by atoms with Crippen LogP contribution in [0.5, 0.6) is 0 Å². The number of hydrogen-bond donors (Lipinski definition) is 0. The molecule has 1 aliphatic carbocycles. The molecule has 0 saturated carbocycles. The molecule has 1 aromatic carbocycles. The van der Waals surface area contributed by atoms with Gasteiger partial charge in [-0.05, 0) is 41.5 Å². The van der Waals surface area contributed by atoms with Crippen LogP contribution in [-0.2, 0) is 0 Å². The van der Waals surface area contributed by atoms with Crippen LogP contribution in [0.4, 0.5) is 49.3 Å². The second-order valence-corrected chi connectivity index (χ2v) is 6.76. The number of alkyl halides is 6. The monoisotopic (exact) mass is 476 g/mol. The van der Waals surface area contributed by atoms with Gasteiger partial charge in [0.2, 0.25) is 6.54 Å². The Morgan fingerprint density at radius 2 is 1.31 bits per heavy atom. The van der Waals surface area contributed by atoms with Gasteiger partial charge in [-0.2, -0.15) is 26.3 Å². The van der Waals surface area contributed by atoms with Gasteiger partial charge in [0.05, 0.1) is 0 Å². The van der Waals surface area contributed by atoms with Gasteiger partial charge in [-0.25, -0.2) is 4.58 Å². The molecule has 0 radical (unpaired) electrons. The molecule has 13 heteroatoms. The van der Waals surface area contributed by atoms with Crippen LogP contribution in [0.25, 0.3) is 6.08 Å². The first-order valence-electron chi connectivity index (χ1n) is 8.91. The van der Waals surface area contributed by atoms with Crippen molar-refractivity contribution in [2.24, 2.45) is 0 Å². The fourth-order valence-electron chi connectivity index (χ4n) is 2.56. The summed E-state index contributed by atoms with van der Waals surface area (Å²) in [6, 6.07) is 6.55. The van der Waals surface area contributed by atoms with Gasteiger partial charge in [-0.15, -0.1) is 0 Å². The maximum absolute atomic E-state index is 12.4. The molecule has 178 valence electrons. The minimum Gasteiger partial charge on any atom is -0.418 e. The lowest BCUT2D eigenvalue weighted by Gasteiger charge is -2.20. The van der Waals surface area contributed by atoms with Crippen LogP contribution >= 0.6 is 0 Å². The van der Waals surface area contributed by atoms with Gasteiger partial charge in [0.1, 0.15) is 13.6 Å². The number of halogens is 10. The van der Waals surface area contributed by atoms with Crippen molar-refractivity contribution in [2.45, 2.75) is 12.4 Å². The van der Waals surface area contributed by atoms with Crippen LogP contribution in [0.15, 0.2) is 54.1 Å². The van der Waals surface area contributed by atoms with Gasteiger partial charge in [-0.3, -0.25) is 0 Å². The quantitative estimate of drug-likeness (QED) is 0.288. The zero-order valence-electron chi connectivity index (χ0n) is 16.9. The van der Waals surface area contributed by atoms with Crippen LogP contribution in [0.1, 0.15) is 5.56 Å². The van der Waals surface area contributed by atoms with Crippen LogP contribution < -0.4 is 4.90 Å². The Hall–Kier alpha value is -2.73. The Balaban J connectivity index is 0.000000920. The molecule has 0 unspecified atom stereocenters. The molecule has 0 spiro atoms. The van der Waals surface area contributed by atoms with E-state index >= 15 is 0 Å². The van der Waals surface area contributed by atoms with E-state index in [0.29, 0.717) is 11.4 Å². The summed E-state index contributed by atoms with van der Waals surface area (Å²) >= 11 is 0. The van der Waals surface area contributed by atoms with Crippen molar-refractivity contribution in [1.82, 2.24) is 0 Å². The van der Waals surface area contributed by atoms with E-state index in [1.54, 1.807) is 54.6 Å². The molecule has 0 amide bonds. The highest BCUT2D eigenvalue weighted by Crippen LogP contribution is 2.22. The third kappa shape index (κ3) is 12.2. The van der Waals surface area contributed by atoms with Gasteiger partial charge in [-0.1, -0.05) is 12.1 Å². The van der Waals surface area contributed by atoms with E-state index in [9.17, 15) is 43.6 Å². The molecule has 0 fully saturated rings. The standard InChI is InChI=1S/C19H19F6N2.BF4/c1-26(12-18(20,21)22)16-7-3-14(4-8-16)11-15-5-9-17(10-6-15)27(2)13-19(23,24)25;2-1(3,4)5/h3-11H,12-13H2,1-2H3;/q+1;-1. The highest BCUT2D eigenvalue weighted by atomic mass is 19.5. The Bertz CT molecular complexity index is 851. The van der Waals surface area contributed by atoms with Crippen molar-refractivity contribution >= 4 is 24.7 Å². The minimum atomic E-state index is -6.00. The largest absolute Gasteiger partial charge is 0.673 e. The first-order valence-corrected chi connectivity index (χ1v) is 8.91. The van der Waals surface area contributed by atoms with Gasteiger partial charge >= 0.3 is 19.6 Å². The average molecular weight is 476 g/mol. The molecule has 0 N–H and O–H groups in total. The number of anilines is 1. The van der Waals surface area contributed by atoms with Crippen molar-refractivity contribution in [3.63, 3.8) is 0 Å². The molecule has 0 atom stereocenters.